The van der Waals surface area contributed by atoms with Crippen LogP contribution in [-0.4, -0.2) is 227 Å². The number of aliphatic imine (C=N–C) groups is 2. The Morgan fingerprint density at radius 1 is 0.520 bits per heavy atom. The molecule has 125 heavy (non-hydrogen) atoms. The summed E-state index contributed by atoms with van der Waals surface area (Å²) in [5.41, 5.74) is 30.8. The molecule has 4 saturated carbocycles. The van der Waals surface area contributed by atoms with E-state index >= 15 is 0 Å². The minimum absolute atomic E-state index is 0.0308. The van der Waals surface area contributed by atoms with Gasteiger partial charge < -0.3 is 66.5 Å². The highest BCUT2D eigenvalue weighted by Crippen LogP contribution is 2.46. The van der Waals surface area contributed by atoms with Crippen molar-refractivity contribution in [2.75, 3.05) is 43.4 Å². The van der Waals surface area contributed by atoms with Crippen LogP contribution in [0.4, 0.5) is 55.2 Å². The molecule has 11 heterocycles. The molecule has 4 aliphatic carbocycles. The molecular weight excluding hydrogens is 1620 g/mol. The molecule has 0 bridgehead atoms. The number of H-pyrrole nitrogens is 1. The number of aliphatic hydroxyl groups excluding tert-OH is 5. The summed E-state index contributed by atoms with van der Waals surface area (Å²) in [4.78, 5) is 57.4. The van der Waals surface area contributed by atoms with E-state index in [-0.39, 0.29) is 59.0 Å². The second kappa shape index (κ2) is 35.7. The molecule has 18 rings (SSSR count). The summed E-state index contributed by atoms with van der Waals surface area (Å²) >= 11 is 0. The van der Waals surface area contributed by atoms with E-state index in [1.165, 1.54) is 89.2 Å². The second-order valence-corrected chi connectivity index (χ2v) is 38.5. The maximum atomic E-state index is 13.6. The van der Waals surface area contributed by atoms with E-state index in [0.29, 0.717) is 95.5 Å². The monoisotopic (exact) mass is 1730 g/mol. The Morgan fingerprint density at radius 3 is 1.56 bits per heavy atom. The average Bonchev–Trinajstić information content (AvgIpc) is 1.63. The molecule has 11 atom stereocenters. The van der Waals surface area contributed by atoms with Gasteiger partial charge in [-0.25, -0.2) is 44.9 Å². The molecule has 0 unspecified atom stereocenters. The number of ether oxygens (including phenoxy) is 3. The topological polar surface area (TPSA) is 388 Å². The summed E-state index contributed by atoms with van der Waals surface area (Å²) in [5, 5.41) is 55.2. The molecule has 35 heteroatoms. The predicted octanol–water partition coefficient (Wildman–Crippen LogP) is 13.2. The number of rotatable bonds is 25. The normalized spacial score (nSPS) is 26.8. The molecule has 10 aromatic rings. The van der Waals surface area contributed by atoms with Crippen molar-refractivity contribution in [1.82, 2.24) is 78.2 Å². The fraction of sp³-hybridized carbons (Fsp3) is 0.589. The first-order chi connectivity index (χ1) is 59.3. The van der Waals surface area contributed by atoms with Crippen molar-refractivity contribution < 1.29 is 66.1 Å². The number of nitrogens with two attached hydrogens (primary N) is 3. The highest BCUT2D eigenvalue weighted by atomic mass is 19.4. The van der Waals surface area contributed by atoms with Gasteiger partial charge in [-0.15, -0.1) is 13.2 Å². The lowest BCUT2D eigenvalue weighted by Gasteiger charge is -2.46. The maximum Gasteiger partial charge on any atom is 0.573 e. The lowest BCUT2D eigenvalue weighted by Crippen LogP contribution is -2.52. The smallest absolute Gasteiger partial charge is 0.406 e. The molecule has 29 nitrogen and oxygen atoms in total. The van der Waals surface area contributed by atoms with Crippen LogP contribution < -0.4 is 21.9 Å². The molecule has 6 fully saturated rings. The first-order valence-electron chi connectivity index (χ1n) is 43.9. The Morgan fingerprint density at radius 2 is 1.02 bits per heavy atom. The first-order valence-corrected chi connectivity index (χ1v) is 43.9. The van der Waals surface area contributed by atoms with Crippen molar-refractivity contribution in [2.45, 2.75) is 287 Å². The molecule has 0 amide bonds. The predicted molar refractivity (Wildman–Crippen MR) is 463 cm³/mol. The summed E-state index contributed by atoms with van der Waals surface area (Å²) in [5.74, 6) is 3.73. The summed E-state index contributed by atoms with van der Waals surface area (Å²) in [6.07, 6.45) is 5.36. The Bertz CT molecular complexity index is 5530. The number of aromatic amines is 1. The van der Waals surface area contributed by atoms with Gasteiger partial charge in [0.05, 0.1) is 59.1 Å². The third-order valence-corrected chi connectivity index (χ3v) is 27.0. The number of anilines is 3. The Kier molecular flexibility index (Phi) is 25.4. The number of aliphatic hydroxyl groups is 5. The van der Waals surface area contributed by atoms with Gasteiger partial charge in [0.2, 0.25) is 0 Å². The molecule has 672 valence electrons. The van der Waals surface area contributed by atoms with Gasteiger partial charge >= 0.3 is 12.5 Å². The minimum atomic E-state index is -4.73. The Labute approximate surface area is 721 Å². The number of halogens is 6. The van der Waals surface area contributed by atoms with Crippen molar-refractivity contribution >= 4 is 84.6 Å². The maximum absolute atomic E-state index is 13.6. The van der Waals surface area contributed by atoms with E-state index in [0.717, 1.165) is 127 Å². The van der Waals surface area contributed by atoms with Gasteiger partial charge in [0.1, 0.15) is 89.7 Å². The molecule has 3 aromatic carbocycles. The number of nitrogens with one attached hydrogen (secondary N) is 1. The number of alkyl halides is 6. The van der Waals surface area contributed by atoms with Crippen LogP contribution in [0.25, 0.3) is 44.4 Å². The lowest BCUT2D eigenvalue weighted by molar-refractivity contribution is -0.274. The number of imidazole rings is 3. The molecular formula is C90H117F6N21O8. The third-order valence-electron chi connectivity index (χ3n) is 27.0. The van der Waals surface area contributed by atoms with Gasteiger partial charge in [-0.05, 0) is 198 Å². The van der Waals surface area contributed by atoms with Crippen LogP contribution in [0.2, 0.25) is 0 Å². The van der Waals surface area contributed by atoms with Crippen LogP contribution in [0.1, 0.15) is 199 Å². The van der Waals surface area contributed by atoms with E-state index in [4.69, 9.17) is 36.7 Å². The molecule has 8 aliphatic rings. The zero-order valence-electron chi connectivity index (χ0n) is 72.4. The molecule has 4 aliphatic heterocycles. The fourth-order valence-electron chi connectivity index (χ4n) is 19.8. The highest BCUT2D eigenvalue weighted by Gasteiger charge is 2.51. The molecule has 0 radical (unpaired) electrons. The van der Waals surface area contributed by atoms with Gasteiger partial charge in [-0.1, -0.05) is 65.8 Å². The van der Waals surface area contributed by atoms with Crippen LogP contribution in [0.15, 0.2) is 108 Å². The van der Waals surface area contributed by atoms with Gasteiger partial charge in [-0.2, -0.15) is 13.2 Å². The number of fused-ring (bicyclic) bond motifs is 6. The van der Waals surface area contributed by atoms with Gasteiger partial charge in [0.25, 0.3) is 0 Å². The van der Waals surface area contributed by atoms with Crippen molar-refractivity contribution in [3.05, 3.63) is 127 Å². The zero-order chi connectivity index (χ0) is 88.6. The Hall–Kier alpha value is -9.43. The third kappa shape index (κ3) is 19.7. The van der Waals surface area contributed by atoms with Crippen LogP contribution in [0.3, 0.4) is 0 Å². The SMILES string of the molecule is CC(C)(C)c1ccc2c(c1)N=C(CCC1CC(N(C[C@H]3O[C@@H](n4cnc5c(N)ncnc54)[C@H](O)[C@@H]3O)CC(F)(F)F)C1)C2.CC(C)N(C[C@@H]1C[C@@H](O)[C@H](n2ccc3c(N)ncnc32)C1)C1CC(CCc2nc3ccc(C(C)(C)C)cc3[nH]2)C1.CC(C)N(C[C@H]1O[C@@H](n2cnc3c(N)ncnc32)[C@H](O)[C@@H]1O)C1CC(CCC2=Nc3cc(OC(F)(F)F)ccc3C2)C1. The number of nitrogen functional groups attached to an aromatic ring is 3. The standard InChI is InChI=1S/C32H45N7O.C30H38F3N7O3.C28H34F3N7O4/c1-19(2)39(17-21-14-27(28(40)15-21)38-11-10-24-30(33)34-18-35-31(24)38)23-12-20(13-23)6-9-29-36-25-8-7-22(32(3,4)5)16-26(25)37-29;1-29(2,3)18-6-5-17-10-19(38-21(17)11-18)7-4-16-8-20(9-16)39(13-30(31,32)33)12-22-24(41)25(42)28(43-22)40-15-37-23-26(34)35-14-36-27(23)40;1-14(2)37(11-21-23(39)24(40)27(41-21)38-13-35-22-25(32)33-12-34-26(22)38)18-7-15(8-18)3-5-17-9-16-4-6-19(10-20(16)36-17)42-28(29,30)31/h7-8,10-11,16,18-21,23,27-28,40H,6,9,12-15,17H2,1-5H3,(H,36,37)(H2,33,34,35);5-6,11,14-16,20,22,24-25,28,41-42H,4,7-10,12-13H2,1-3H3,(H2,34,35,36);4,6,10,12-15,18,21,23-24,27,39-40H,3,5,7-9,11H2,1-2H3,(H2,32,33,34)/t20?,21-,23?,27+,28+;16?,20?,22-,24-,25-,28-;15?,18?,21-,23-,24-,27-/m011/s1. The Balaban J connectivity index is 0.000000138. The van der Waals surface area contributed by atoms with Crippen LogP contribution in [0, 0.1) is 23.7 Å². The van der Waals surface area contributed by atoms with Crippen LogP contribution in [-0.2, 0) is 39.6 Å². The minimum Gasteiger partial charge on any atom is -0.406 e. The van der Waals surface area contributed by atoms with E-state index in [2.05, 4.69) is 175 Å². The lowest BCUT2D eigenvalue weighted by atomic mass is 9.75. The number of hydrogen-bond acceptors (Lipinski definition) is 25. The van der Waals surface area contributed by atoms with Crippen molar-refractivity contribution in [3.8, 4) is 5.75 Å². The van der Waals surface area contributed by atoms with Gasteiger partial charge in [0, 0.05) is 92.8 Å². The summed E-state index contributed by atoms with van der Waals surface area (Å²) in [7, 11) is 0. The largest absolute Gasteiger partial charge is 0.573 e. The molecule has 7 aromatic heterocycles. The quantitative estimate of drug-likeness (QED) is 0.0240. The van der Waals surface area contributed by atoms with Crippen molar-refractivity contribution in [3.63, 3.8) is 0 Å². The number of aromatic nitrogens is 13. The summed E-state index contributed by atoms with van der Waals surface area (Å²) < 4.78 is 99.8. The fourth-order valence-corrected chi connectivity index (χ4v) is 19.8. The van der Waals surface area contributed by atoms with Gasteiger partial charge in [0.15, 0.2) is 35.4 Å². The van der Waals surface area contributed by atoms with Crippen LogP contribution in [0.5, 0.6) is 5.75 Å². The van der Waals surface area contributed by atoms with E-state index in [1.54, 1.807) is 10.6 Å². The van der Waals surface area contributed by atoms with Crippen molar-refractivity contribution in [1.29, 1.82) is 0 Å². The highest BCUT2D eigenvalue weighted by molar-refractivity contribution is 5.95. The number of aryl methyl sites for hydroxylation is 1. The van der Waals surface area contributed by atoms with Gasteiger partial charge in [-0.3, -0.25) is 33.8 Å². The summed E-state index contributed by atoms with van der Waals surface area (Å²) in [6, 6.07) is 20.8. The van der Waals surface area contributed by atoms with E-state index in [1.807, 2.05) is 12.3 Å². The van der Waals surface area contributed by atoms with E-state index in [9.17, 15) is 51.9 Å². The average molecular weight is 1740 g/mol. The molecule has 12 N–H and O–H groups in total. The number of nitrogens with zero attached hydrogens (tertiary/aromatic N) is 17. The van der Waals surface area contributed by atoms with E-state index < -0.39 is 68.2 Å². The summed E-state index contributed by atoms with van der Waals surface area (Å²) in [6.45, 7) is 22.3. The number of hydrogen-bond donors (Lipinski definition) is 9. The zero-order valence-corrected chi connectivity index (χ0v) is 72.4. The van der Waals surface area contributed by atoms with Crippen molar-refractivity contribution in [2.24, 2.45) is 33.7 Å². The molecule has 2 saturated heterocycles. The molecule has 0 spiro atoms. The number of benzene rings is 3. The second-order valence-electron chi connectivity index (χ2n) is 38.5. The van der Waals surface area contributed by atoms with Crippen LogP contribution >= 0.6 is 0 Å². The first kappa shape index (κ1) is 89.0.